The molecule has 24 heavy (non-hydrogen) atoms. The van der Waals surface area contributed by atoms with Gasteiger partial charge in [0.2, 0.25) is 5.91 Å². The van der Waals surface area contributed by atoms with Crippen LogP contribution in [0.15, 0.2) is 54.9 Å². The summed E-state index contributed by atoms with van der Waals surface area (Å²) in [7, 11) is 0. The van der Waals surface area contributed by atoms with Crippen LogP contribution in [0.2, 0.25) is 0 Å². The number of hydrogen-bond acceptors (Lipinski definition) is 3. The van der Waals surface area contributed by atoms with Gasteiger partial charge in [0.1, 0.15) is 0 Å². The largest absolute Gasteiger partial charge is 0.339 e. The van der Waals surface area contributed by atoms with Crippen molar-refractivity contribution < 1.29 is 9.59 Å². The molecule has 1 aliphatic rings. The molecule has 3 amide bonds. The molecule has 0 spiro atoms. The first-order valence-corrected chi connectivity index (χ1v) is 8.00. The van der Waals surface area contributed by atoms with E-state index in [2.05, 4.69) is 10.3 Å². The highest BCUT2D eigenvalue weighted by Gasteiger charge is 2.24. The Labute approximate surface area is 141 Å². The van der Waals surface area contributed by atoms with E-state index in [0.717, 1.165) is 5.56 Å². The minimum atomic E-state index is -0.154. The molecule has 2 aromatic rings. The number of nitrogens with one attached hydrogen (secondary N) is 1. The zero-order chi connectivity index (χ0) is 16.8. The zero-order valence-electron chi connectivity index (χ0n) is 13.4. The Bertz CT molecular complexity index is 621. The van der Waals surface area contributed by atoms with Crippen molar-refractivity contribution in [3.05, 3.63) is 60.4 Å². The van der Waals surface area contributed by atoms with Crippen molar-refractivity contribution in [1.82, 2.24) is 14.8 Å². The maximum atomic E-state index is 12.3. The third-order valence-corrected chi connectivity index (χ3v) is 4.03. The van der Waals surface area contributed by atoms with E-state index >= 15 is 0 Å². The lowest BCUT2D eigenvalue weighted by atomic mass is 10.1. The van der Waals surface area contributed by atoms with E-state index in [-0.39, 0.29) is 11.9 Å². The van der Waals surface area contributed by atoms with Gasteiger partial charge in [-0.25, -0.2) is 4.79 Å². The smallest absolute Gasteiger partial charge is 0.322 e. The second kappa shape index (κ2) is 7.59. The Balaban J connectivity index is 1.48. The van der Waals surface area contributed by atoms with Crippen LogP contribution in [0.4, 0.5) is 10.5 Å². The Morgan fingerprint density at radius 1 is 0.958 bits per heavy atom. The normalized spacial score (nSPS) is 14.3. The topological polar surface area (TPSA) is 65.5 Å². The van der Waals surface area contributed by atoms with Gasteiger partial charge in [0.15, 0.2) is 0 Å². The van der Waals surface area contributed by atoms with Crippen LogP contribution in [0.5, 0.6) is 0 Å². The molecule has 0 saturated carbocycles. The van der Waals surface area contributed by atoms with Crippen LogP contribution in [-0.2, 0) is 11.2 Å². The maximum Gasteiger partial charge on any atom is 0.322 e. The third-order valence-electron chi connectivity index (χ3n) is 4.03. The van der Waals surface area contributed by atoms with Crippen molar-refractivity contribution in [2.24, 2.45) is 0 Å². The van der Waals surface area contributed by atoms with Crippen molar-refractivity contribution in [1.29, 1.82) is 0 Å². The molecule has 3 rings (SSSR count). The van der Waals surface area contributed by atoms with Crippen LogP contribution in [0, 0.1) is 0 Å². The van der Waals surface area contributed by atoms with Crippen molar-refractivity contribution in [3.63, 3.8) is 0 Å². The molecule has 0 aliphatic carbocycles. The Morgan fingerprint density at radius 2 is 1.67 bits per heavy atom. The summed E-state index contributed by atoms with van der Waals surface area (Å²) in [5.41, 5.74) is 1.68. The molecule has 1 aromatic heterocycles. The number of rotatable bonds is 3. The monoisotopic (exact) mass is 324 g/mol. The van der Waals surface area contributed by atoms with E-state index < -0.39 is 0 Å². The molecule has 0 bridgehead atoms. The van der Waals surface area contributed by atoms with Crippen molar-refractivity contribution in [2.45, 2.75) is 6.42 Å². The lowest BCUT2D eigenvalue weighted by molar-refractivity contribution is -0.131. The first-order valence-electron chi connectivity index (χ1n) is 8.00. The quantitative estimate of drug-likeness (QED) is 0.939. The van der Waals surface area contributed by atoms with Gasteiger partial charge in [-0.15, -0.1) is 0 Å². The molecule has 1 aromatic carbocycles. The fourth-order valence-corrected chi connectivity index (χ4v) is 2.68. The first kappa shape index (κ1) is 16.0. The summed E-state index contributed by atoms with van der Waals surface area (Å²) in [5, 5.41) is 2.82. The van der Waals surface area contributed by atoms with Gasteiger partial charge in [-0.2, -0.15) is 0 Å². The summed E-state index contributed by atoms with van der Waals surface area (Å²) in [6.45, 7) is 2.19. The SMILES string of the molecule is O=C(Cc1ccccc1)N1CCN(C(=O)Nc2cccnc2)CC1. The molecule has 1 saturated heterocycles. The van der Waals surface area contributed by atoms with E-state index in [1.54, 1.807) is 29.4 Å². The molecule has 6 heteroatoms. The number of piperazine rings is 1. The molecular formula is C18H20N4O2. The Morgan fingerprint density at radius 3 is 2.33 bits per heavy atom. The van der Waals surface area contributed by atoms with Crippen LogP contribution in [-0.4, -0.2) is 52.9 Å². The average Bonchev–Trinajstić information content (AvgIpc) is 2.63. The zero-order valence-corrected chi connectivity index (χ0v) is 13.4. The average molecular weight is 324 g/mol. The maximum absolute atomic E-state index is 12.3. The van der Waals surface area contributed by atoms with E-state index in [0.29, 0.717) is 38.3 Å². The highest BCUT2D eigenvalue weighted by Crippen LogP contribution is 2.09. The highest BCUT2D eigenvalue weighted by atomic mass is 16.2. The van der Waals surface area contributed by atoms with E-state index in [9.17, 15) is 9.59 Å². The number of anilines is 1. The second-order valence-corrected chi connectivity index (χ2v) is 5.70. The van der Waals surface area contributed by atoms with Crippen molar-refractivity contribution in [2.75, 3.05) is 31.5 Å². The number of hydrogen-bond donors (Lipinski definition) is 1. The molecule has 2 heterocycles. The fourth-order valence-electron chi connectivity index (χ4n) is 2.68. The number of carbonyl (C=O) groups is 2. The summed E-state index contributed by atoms with van der Waals surface area (Å²) >= 11 is 0. The fraction of sp³-hybridized carbons (Fsp3) is 0.278. The summed E-state index contributed by atoms with van der Waals surface area (Å²) in [4.78, 5) is 32.1. The van der Waals surface area contributed by atoms with Gasteiger partial charge >= 0.3 is 6.03 Å². The number of urea groups is 1. The van der Waals surface area contributed by atoms with Crippen LogP contribution in [0.25, 0.3) is 0 Å². The number of aromatic nitrogens is 1. The van der Waals surface area contributed by atoms with Gasteiger partial charge in [0.25, 0.3) is 0 Å². The van der Waals surface area contributed by atoms with Crippen molar-refractivity contribution in [3.8, 4) is 0 Å². The molecule has 0 unspecified atom stereocenters. The lowest BCUT2D eigenvalue weighted by Gasteiger charge is -2.34. The molecular weight excluding hydrogens is 304 g/mol. The van der Waals surface area contributed by atoms with Crippen LogP contribution < -0.4 is 5.32 Å². The van der Waals surface area contributed by atoms with Gasteiger partial charge in [0, 0.05) is 32.4 Å². The van der Waals surface area contributed by atoms with E-state index in [1.165, 1.54) is 0 Å². The number of carbonyl (C=O) groups excluding carboxylic acids is 2. The molecule has 0 radical (unpaired) electrons. The van der Waals surface area contributed by atoms with Gasteiger partial charge in [-0.3, -0.25) is 9.78 Å². The second-order valence-electron chi connectivity index (χ2n) is 5.70. The van der Waals surface area contributed by atoms with E-state index in [4.69, 9.17) is 0 Å². The Kier molecular flexibility index (Phi) is 5.05. The number of nitrogens with zero attached hydrogens (tertiary/aromatic N) is 3. The predicted molar refractivity (Wildman–Crippen MR) is 91.6 cm³/mol. The summed E-state index contributed by atoms with van der Waals surface area (Å²) in [5.74, 6) is 0.105. The molecule has 1 fully saturated rings. The first-order chi connectivity index (χ1) is 11.7. The molecule has 124 valence electrons. The van der Waals surface area contributed by atoms with Gasteiger partial charge in [0.05, 0.1) is 18.3 Å². The molecule has 0 atom stereocenters. The summed E-state index contributed by atoms with van der Waals surface area (Å²) < 4.78 is 0. The summed E-state index contributed by atoms with van der Waals surface area (Å²) in [6.07, 6.45) is 3.67. The minimum Gasteiger partial charge on any atom is -0.339 e. The van der Waals surface area contributed by atoms with Crippen LogP contribution in [0.1, 0.15) is 5.56 Å². The summed E-state index contributed by atoms with van der Waals surface area (Å²) in [6, 6.07) is 13.1. The standard InChI is InChI=1S/C18H20N4O2/c23-17(13-15-5-2-1-3-6-15)21-9-11-22(12-10-21)18(24)20-16-7-4-8-19-14-16/h1-8,14H,9-13H2,(H,20,24). The lowest BCUT2D eigenvalue weighted by Crippen LogP contribution is -2.52. The highest BCUT2D eigenvalue weighted by molar-refractivity contribution is 5.89. The number of amides is 3. The van der Waals surface area contributed by atoms with Gasteiger partial charge in [-0.1, -0.05) is 30.3 Å². The van der Waals surface area contributed by atoms with Crippen LogP contribution >= 0.6 is 0 Å². The predicted octanol–water partition coefficient (Wildman–Crippen LogP) is 2.00. The third kappa shape index (κ3) is 4.10. The van der Waals surface area contributed by atoms with Crippen molar-refractivity contribution >= 4 is 17.6 Å². The molecule has 1 N–H and O–H groups in total. The minimum absolute atomic E-state index is 0.105. The van der Waals surface area contributed by atoms with E-state index in [1.807, 2.05) is 35.2 Å². The molecule has 1 aliphatic heterocycles. The van der Waals surface area contributed by atoms with Crippen LogP contribution in [0.3, 0.4) is 0 Å². The number of pyridine rings is 1. The van der Waals surface area contributed by atoms with Gasteiger partial charge < -0.3 is 15.1 Å². The Hall–Kier alpha value is -2.89. The number of benzene rings is 1. The molecule has 6 nitrogen and oxygen atoms in total. The van der Waals surface area contributed by atoms with Gasteiger partial charge in [-0.05, 0) is 17.7 Å².